The number of aromatic amines is 1. The van der Waals surface area contributed by atoms with E-state index < -0.39 is 0 Å². The maximum absolute atomic E-state index is 5.30. The van der Waals surface area contributed by atoms with Gasteiger partial charge >= 0.3 is 0 Å². The van der Waals surface area contributed by atoms with Crippen LogP contribution in [0.3, 0.4) is 0 Å². The summed E-state index contributed by atoms with van der Waals surface area (Å²) in [7, 11) is 1.63. The molecule has 5 nitrogen and oxygen atoms in total. The molecular formula is C19H20N4OS. The second kappa shape index (κ2) is 7.44. The Morgan fingerprint density at radius 1 is 1.20 bits per heavy atom. The fourth-order valence-electron chi connectivity index (χ4n) is 2.44. The van der Waals surface area contributed by atoms with Crippen LogP contribution in [0.25, 0.3) is 11.4 Å². The number of rotatable bonds is 5. The highest BCUT2D eigenvalue weighted by molar-refractivity contribution is 7.71. The average Bonchev–Trinajstić information content (AvgIpc) is 3.01. The molecule has 0 aliphatic heterocycles. The van der Waals surface area contributed by atoms with Crippen LogP contribution in [-0.4, -0.2) is 28.2 Å². The first-order valence-electron chi connectivity index (χ1n) is 8.04. The van der Waals surface area contributed by atoms with E-state index in [9.17, 15) is 0 Å². The van der Waals surface area contributed by atoms with Crippen molar-refractivity contribution in [1.82, 2.24) is 14.9 Å². The minimum atomic E-state index is 0.438. The topological polar surface area (TPSA) is 55.2 Å². The summed E-state index contributed by atoms with van der Waals surface area (Å²) in [5, 5.41) is 11.6. The zero-order valence-electron chi connectivity index (χ0n) is 14.4. The number of methoxy groups -OCH3 is 1. The van der Waals surface area contributed by atoms with Crippen molar-refractivity contribution in [2.75, 3.05) is 7.11 Å². The Morgan fingerprint density at radius 3 is 2.64 bits per heavy atom. The molecule has 3 rings (SSSR count). The van der Waals surface area contributed by atoms with Gasteiger partial charge in [0.25, 0.3) is 0 Å². The number of H-pyrrole nitrogens is 1. The minimum Gasteiger partial charge on any atom is -0.497 e. The quantitative estimate of drug-likeness (QED) is 0.538. The van der Waals surface area contributed by atoms with Crippen LogP contribution in [0.4, 0.5) is 0 Å². The summed E-state index contributed by atoms with van der Waals surface area (Å²) in [6.45, 7) is 4.35. The summed E-state index contributed by atoms with van der Waals surface area (Å²) >= 11 is 5.30. The van der Waals surface area contributed by atoms with Crippen LogP contribution in [-0.2, 0) is 0 Å². The van der Waals surface area contributed by atoms with Crippen molar-refractivity contribution in [1.29, 1.82) is 0 Å². The molecular weight excluding hydrogens is 332 g/mol. The number of hydrogen-bond acceptors (Lipinski definition) is 4. The van der Waals surface area contributed by atoms with Crippen molar-refractivity contribution in [3.8, 4) is 17.1 Å². The Labute approximate surface area is 152 Å². The van der Waals surface area contributed by atoms with Gasteiger partial charge in [-0.25, -0.2) is 5.10 Å². The van der Waals surface area contributed by atoms with Gasteiger partial charge in [-0.2, -0.15) is 14.9 Å². The first-order chi connectivity index (χ1) is 12.1. The van der Waals surface area contributed by atoms with Crippen molar-refractivity contribution < 1.29 is 4.74 Å². The van der Waals surface area contributed by atoms with Gasteiger partial charge in [0.1, 0.15) is 5.75 Å². The highest BCUT2D eigenvalue weighted by Crippen LogP contribution is 2.22. The summed E-state index contributed by atoms with van der Waals surface area (Å²) in [5.74, 6) is 1.90. The van der Waals surface area contributed by atoms with Crippen molar-refractivity contribution in [3.05, 3.63) is 64.4 Å². The second-order valence-corrected chi connectivity index (χ2v) is 6.35. The van der Waals surface area contributed by atoms with E-state index in [4.69, 9.17) is 17.0 Å². The molecule has 25 heavy (non-hydrogen) atoms. The summed E-state index contributed by atoms with van der Waals surface area (Å²) in [4.78, 5) is 0. The number of nitrogens with one attached hydrogen (secondary N) is 1. The fourth-order valence-corrected chi connectivity index (χ4v) is 2.62. The third-order valence-corrected chi connectivity index (χ3v) is 4.17. The van der Waals surface area contributed by atoms with Crippen molar-refractivity contribution in [3.63, 3.8) is 0 Å². The van der Waals surface area contributed by atoms with Crippen LogP contribution in [0, 0.1) is 4.77 Å². The Hall–Kier alpha value is -2.73. The van der Waals surface area contributed by atoms with Gasteiger partial charge in [-0.3, -0.25) is 0 Å². The van der Waals surface area contributed by atoms with Gasteiger partial charge in [0.15, 0.2) is 5.82 Å². The van der Waals surface area contributed by atoms with Crippen LogP contribution in [0.5, 0.6) is 5.75 Å². The highest BCUT2D eigenvalue weighted by atomic mass is 32.1. The SMILES string of the molecule is COc1cccc(-c2n[nH]c(=S)n2N=Cc2ccc(C(C)C)cc2)c1. The van der Waals surface area contributed by atoms with Gasteiger partial charge in [0.05, 0.1) is 13.3 Å². The van der Waals surface area contributed by atoms with E-state index in [1.807, 2.05) is 36.4 Å². The first kappa shape index (κ1) is 17.1. The number of aromatic nitrogens is 3. The lowest BCUT2D eigenvalue weighted by molar-refractivity contribution is 0.415. The lowest BCUT2D eigenvalue weighted by Crippen LogP contribution is -1.96. The van der Waals surface area contributed by atoms with Crippen LogP contribution >= 0.6 is 12.2 Å². The molecule has 0 aliphatic rings. The molecule has 0 saturated heterocycles. The average molecular weight is 352 g/mol. The lowest BCUT2D eigenvalue weighted by Gasteiger charge is -2.05. The molecule has 1 aromatic heterocycles. The van der Waals surface area contributed by atoms with Gasteiger partial charge in [0, 0.05) is 5.56 Å². The predicted molar refractivity (Wildman–Crippen MR) is 103 cm³/mol. The molecule has 6 heteroatoms. The predicted octanol–water partition coefficient (Wildman–Crippen LogP) is 4.62. The molecule has 0 amide bonds. The largest absolute Gasteiger partial charge is 0.497 e. The third-order valence-electron chi connectivity index (χ3n) is 3.90. The summed E-state index contributed by atoms with van der Waals surface area (Å²) < 4.78 is 7.32. The monoisotopic (exact) mass is 352 g/mol. The van der Waals surface area contributed by atoms with E-state index >= 15 is 0 Å². The Morgan fingerprint density at radius 2 is 1.96 bits per heavy atom. The zero-order chi connectivity index (χ0) is 17.8. The molecule has 1 N–H and O–H groups in total. The molecule has 0 atom stereocenters. The fraction of sp³-hybridized carbons (Fsp3) is 0.211. The normalized spacial score (nSPS) is 11.4. The van der Waals surface area contributed by atoms with E-state index in [0.29, 0.717) is 16.5 Å². The standard InChI is InChI=1S/C19H20N4OS/c1-13(2)15-9-7-14(8-10-15)12-20-23-18(21-22-19(23)25)16-5-4-6-17(11-16)24-3/h4-13H,1-3H3,(H,22,25). The Balaban J connectivity index is 1.92. The smallest absolute Gasteiger partial charge is 0.216 e. The van der Waals surface area contributed by atoms with Crippen molar-refractivity contribution >= 4 is 18.4 Å². The van der Waals surface area contributed by atoms with E-state index in [-0.39, 0.29) is 0 Å². The van der Waals surface area contributed by atoms with E-state index in [0.717, 1.165) is 16.9 Å². The molecule has 0 bridgehead atoms. The highest BCUT2D eigenvalue weighted by Gasteiger charge is 2.09. The maximum Gasteiger partial charge on any atom is 0.216 e. The summed E-state index contributed by atoms with van der Waals surface area (Å²) in [6, 6.07) is 16.0. The van der Waals surface area contributed by atoms with E-state index in [1.54, 1.807) is 18.0 Å². The van der Waals surface area contributed by atoms with Gasteiger partial charge < -0.3 is 4.74 Å². The Kier molecular flexibility index (Phi) is 5.09. The number of hydrogen-bond donors (Lipinski definition) is 1. The molecule has 3 aromatic rings. The van der Waals surface area contributed by atoms with Gasteiger partial charge in [-0.15, -0.1) is 0 Å². The van der Waals surface area contributed by atoms with Crippen LogP contribution in [0.1, 0.15) is 30.9 Å². The second-order valence-electron chi connectivity index (χ2n) is 5.96. The molecule has 1 heterocycles. The zero-order valence-corrected chi connectivity index (χ0v) is 15.2. The lowest BCUT2D eigenvalue weighted by atomic mass is 10.0. The maximum atomic E-state index is 5.30. The minimum absolute atomic E-state index is 0.438. The Bertz CT molecular complexity index is 939. The number of benzene rings is 2. The molecule has 2 aromatic carbocycles. The number of ether oxygens (including phenoxy) is 1. The molecule has 0 fully saturated rings. The van der Waals surface area contributed by atoms with E-state index in [1.165, 1.54) is 5.56 Å². The molecule has 0 spiro atoms. The van der Waals surface area contributed by atoms with Crippen molar-refractivity contribution in [2.45, 2.75) is 19.8 Å². The third kappa shape index (κ3) is 3.85. The van der Waals surface area contributed by atoms with Crippen LogP contribution < -0.4 is 4.74 Å². The van der Waals surface area contributed by atoms with Gasteiger partial charge in [0.2, 0.25) is 4.77 Å². The van der Waals surface area contributed by atoms with Crippen LogP contribution in [0.15, 0.2) is 53.6 Å². The van der Waals surface area contributed by atoms with Crippen LogP contribution in [0.2, 0.25) is 0 Å². The first-order valence-corrected chi connectivity index (χ1v) is 8.45. The van der Waals surface area contributed by atoms with Gasteiger partial charge in [-0.05, 0) is 41.4 Å². The molecule has 128 valence electrons. The molecule has 0 unspecified atom stereocenters. The molecule has 0 saturated carbocycles. The molecule has 0 aliphatic carbocycles. The van der Waals surface area contributed by atoms with Gasteiger partial charge in [-0.1, -0.05) is 50.2 Å². The number of nitrogens with zero attached hydrogens (tertiary/aromatic N) is 3. The summed E-state index contributed by atoms with van der Waals surface area (Å²) in [6.07, 6.45) is 1.78. The van der Waals surface area contributed by atoms with E-state index in [2.05, 4.69) is 41.3 Å². The molecule has 0 radical (unpaired) electrons. The van der Waals surface area contributed by atoms with Crippen molar-refractivity contribution in [2.24, 2.45) is 5.10 Å². The summed E-state index contributed by atoms with van der Waals surface area (Å²) in [5.41, 5.74) is 3.18.